The van der Waals surface area contributed by atoms with E-state index in [-0.39, 0.29) is 28.7 Å². The fraction of sp³-hybridized carbons (Fsp3) is 0.538. The molecule has 1 unspecified atom stereocenters. The van der Waals surface area contributed by atoms with Crippen LogP contribution in [0.15, 0.2) is 4.90 Å². The molecular weight excluding hydrogens is 284 g/mol. The van der Waals surface area contributed by atoms with E-state index in [9.17, 15) is 18.1 Å². The maximum atomic E-state index is 11.7. The van der Waals surface area contributed by atoms with Crippen molar-refractivity contribution in [2.45, 2.75) is 38.0 Å². The van der Waals surface area contributed by atoms with E-state index in [0.717, 1.165) is 0 Å². The second-order valence-electron chi connectivity index (χ2n) is 4.57. The van der Waals surface area contributed by atoms with E-state index >= 15 is 0 Å². The lowest BCUT2D eigenvalue weighted by Crippen LogP contribution is -2.11. The molecule has 2 N–H and O–H groups in total. The Kier molecular flexibility index (Phi) is 4.88. The first-order valence-electron chi connectivity index (χ1n) is 6.15. The van der Waals surface area contributed by atoms with Crippen LogP contribution in [0.2, 0.25) is 0 Å². The van der Waals surface area contributed by atoms with Crippen LogP contribution in [0.25, 0.3) is 0 Å². The van der Waals surface area contributed by atoms with Crippen LogP contribution in [0.3, 0.4) is 0 Å². The normalized spacial score (nSPS) is 13.1. The largest absolute Gasteiger partial charge is 0.507 e. The van der Waals surface area contributed by atoms with Gasteiger partial charge in [0.05, 0.1) is 14.2 Å². The van der Waals surface area contributed by atoms with E-state index in [1.54, 1.807) is 13.8 Å². The molecule has 6 nitrogen and oxygen atoms in total. The Morgan fingerprint density at radius 3 is 2.05 bits per heavy atom. The molecule has 0 fully saturated rings. The average molecular weight is 304 g/mol. The third-order valence-corrected chi connectivity index (χ3v) is 4.30. The van der Waals surface area contributed by atoms with Gasteiger partial charge in [0.25, 0.3) is 10.1 Å². The van der Waals surface area contributed by atoms with Crippen molar-refractivity contribution < 1.29 is 27.6 Å². The van der Waals surface area contributed by atoms with E-state index in [0.29, 0.717) is 12.0 Å². The molecule has 0 heterocycles. The van der Waals surface area contributed by atoms with Gasteiger partial charge >= 0.3 is 0 Å². The number of phenolic OH excluding ortho intramolecular Hbond substituents is 1. The van der Waals surface area contributed by atoms with Crippen LogP contribution in [0.5, 0.6) is 17.2 Å². The summed E-state index contributed by atoms with van der Waals surface area (Å²) in [7, 11) is -1.95. The Labute approximate surface area is 119 Å². The molecule has 1 aromatic carbocycles. The van der Waals surface area contributed by atoms with E-state index in [2.05, 4.69) is 0 Å². The first-order chi connectivity index (χ1) is 9.20. The molecule has 0 saturated carbocycles. The maximum absolute atomic E-state index is 11.7. The van der Waals surface area contributed by atoms with Crippen LogP contribution in [0, 0.1) is 6.92 Å². The molecule has 0 saturated heterocycles. The summed E-state index contributed by atoms with van der Waals surface area (Å²) in [6, 6.07) is 0. The molecule has 1 atom stereocenters. The molecule has 0 bridgehead atoms. The molecule has 0 spiro atoms. The van der Waals surface area contributed by atoms with E-state index in [4.69, 9.17) is 9.47 Å². The standard InChI is InChI=1S/C13H20O6S/c1-6-7(2)9-10(14)8(3)11(18-4)12(19-5)13(9)20(15,16)17/h7,14H,6H2,1-5H3,(H,15,16,17). The van der Waals surface area contributed by atoms with Crippen LogP contribution in [-0.4, -0.2) is 32.3 Å². The van der Waals surface area contributed by atoms with Crippen LogP contribution in [0.4, 0.5) is 0 Å². The van der Waals surface area contributed by atoms with E-state index < -0.39 is 15.0 Å². The van der Waals surface area contributed by atoms with Gasteiger partial charge in [-0.1, -0.05) is 13.8 Å². The lowest BCUT2D eigenvalue weighted by atomic mass is 9.94. The summed E-state index contributed by atoms with van der Waals surface area (Å²) >= 11 is 0. The highest BCUT2D eigenvalue weighted by atomic mass is 32.2. The highest BCUT2D eigenvalue weighted by molar-refractivity contribution is 7.86. The zero-order chi connectivity index (χ0) is 15.7. The zero-order valence-electron chi connectivity index (χ0n) is 12.2. The highest BCUT2D eigenvalue weighted by Gasteiger charge is 2.32. The van der Waals surface area contributed by atoms with Gasteiger partial charge in [0.15, 0.2) is 11.5 Å². The predicted octanol–water partition coefficient (Wildman–Crippen LogP) is 2.48. The summed E-state index contributed by atoms with van der Waals surface area (Å²) < 4.78 is 43.1. The summed E-state index contributed by atoms with van der Waals surface area (Å²) in [5.41, 5.74) is 0.511. The Morgan fingerprint density at radius 1 is 1.20 bits per heavy atom. The first kappa shape index (κ1) is 16.6. The van der Waals surface area contributed by atoms with Gasteiger partial charge in [-0.2, -0.15) is 8.42 Å². The third kappa shape index (κ3) is 2.69. The summed E-state index contributed by atoms with van der Waals surface area (Å²) in [6.45, 7) is 5.20. The van der Waals surface area contributed by atoms with Crippen molar-refractivity contribution in [1.82, 2.24) is 0 Å². The molecule has 20 heavy (non-hydrogen) atoms. The Hall–Kier alpha value is -1.47. The van der Waals surface area contributed by atoms with Gasteiger partial charge < -0.3 is 14.6 Å². The molecule has 0 aliphatic rings. The van der Waals surface area contributed by atoms with Gasteiger partial charge in [-0.25, -0.2) is 0 Å². The summed E-state index contributed by atoms with van der Waals surface area (Å²) in [4.78, 5) is -0.436. The van der Waals surface area contributed by atoms with Crippen molar-refractivity contribution in [3.63, 3.8) is 0 Å². The SMILES string of the molecule is CCC(C)c1c(O)c(C)c(OC)c(OC)c1S(=O)(=O)O. The zero-order valence-corrected chi connectivity index (χ0v) is 13.0. The predicted molar refractivity (Wildman–Crippen MR) is 74.5 cm³/mol. The molecule has 0 radical (unpaired) electrons. The molecular formula is C13H20O6S. The lowest BCUT2D eigenvalue weighted by molar-refractivity contribution is 0.334. The average Bonchev–Trinajstić information content (AvgIpc) is 2.38. The molecule has 1 rings (SSSR count). The minimum absolute atomic E-state index is 0.0877. The van der Waals surface area contributed by atoms with Crippen LogP contribution in [0.1, 0.15) is 37.3 Å². The molecule has 0 aliphatic carbocycles. The van der Waals surface area contributed by atoms with E-state index in [1.165, 1.54) is 14.2 Å². The van der Waals surface area contributed by atoms with Crippen molar-refractivity contribution in [2.24, 2.45) is 0 Å². The summed E-state index contributed by atoms with van der Waals surface area (Å²) in [5, 5.41) is 10.3. The smallest absolute Gasteiger partial charge is 0.298 e. The minimum atomic E-state index is -4.57. The van der Waals surface area contributed by atoms with Crippen molar-refractivity contribution in [2.75, 3.05) is 14.2 Å². The number of aromatic hydroxyl groups is 1. The number of phenols is 1. The quantitative estimate of drug-likeness (QED) is 0.812. The number of hydrogen-bond donors (Lipinski definition) is 2. The van der Waals surface area contributed by atoms with Gasteiger partial charge in [0.1, 0.15) is 10.6 Å². The van der Waals surface area contributed by atoms with Crippen LogP contribution < -0.4 is 9.47 Å². The van der Waals surface area contributed by atoms with Gasteiger partial charge in [-0.3, -0.25) is 4.55 Å². The number of ether oxygens (including phenoxy) is 2. The number of methoxy groups -OCH3 is 2. The molecule has 0 amide bonds. The maximum Gasteiger partial charge on any atom is 0.298 e. The number of benzene rings is 1. The second-order valence-corrected chi connectivity index (χ2v) is 5.93. The summed E-state index contributed by atoms with van der Waals surface area (Å²) in [5.74, 6) is -0.486. The summed E-state index contributed by atoms with van der Waals surface area (Å²) in [6.07, 6.45) is 0.588. The van der Waals surface area contributed by atoms with Gasteiger partial charge in [-0.15, -0.1) is 0 Å². The fourth-order valence-corrected chi connectivity index (χ4v) is 3.15. The van der Waals surface area contributed by atoms with Crippen molar-refractivity contribution in [1.29, 1.82) is 0 Å². The second kappa shape index (κ2) is 5.88. The third-order valence-electron chi connectivity index (χ3n) is 3.38. The van der Waals surface area contributed by atoms with Crippen molar-refractivity contribution in [3.05, 3.63) is 11.1 Å². The Morgan fingerprint density at radius 2 is 1.70 bits per heavy atom. The molecule has 1 aromatic rings. The van der Waals surface area contributed by atoms with Crippen LogP contribution >= 0.6 is 0 Å². The lowest BCUT2D eigenvalue weighted by Gasteiger charge is -2.22. The van der Waals surface area contributed by atoms with Gasteiger partial charge in [-0.05, 0) is 19.3 Å². The fourth-order valence-electron chi connectivity index (χ4n) is 2.16. The highest BCUT2D eigenvalue weighted by Crippen LogP contribution is 2.48. The Balaban J connectivity index is 3.97. The van der Waals surface area contributed by atoms with E-state index in [1.807, 2.05) is 6.92 Å². The molecule has 114 valence electrons. The van der Waals surface area contributed by atoms with Crippen molar-refractivity contribution >= 4 is 10.1 Å². The van der Waals surface area contributed by atoms with Gasteiger partial charge in [0, 0.05) is 11.1 Å². The van der Waals surface area contributed by atoms with Crippen LogP contribution in [-0.2, 0) is 10.1 Å². The minimum Gasteiger partial charge on any atom is -0.507 e. The molecule has 7 heteroatoms. The molecule has 0 aromatic heterocycles. The first-order valence-corrected chi connectivity index (χ1v) is 7.59. The number of hydrogen-bond acceptors (Lipinski definition) is 5. The van der Waals surface area contributed by atoms with Gasteiger partial charge in [0.2, 0.25) is 0 Å². The van der Waals surface area contributed by atoms with Crippen molar-refractivity contribution in [3.8, 4) is 17.2 Å². The number of rotatable bonds is 5. The molecule has 0 aliphatic heterocycles. The topological polar surface area (TPSA) is 93.1 Å². The Bertz CT molecular complexity index is 606. The monoisotopic (exact) mass is 304 g/mol.